The van der Waals surface area contributed by atoms with Crippen LogP contribution in [-0.4, -0.2) is 61.5 Å². The van der Waals surface area contributed by atoms with Crippen LogP contribution in [0.25, 0.3) is 5.65 Å². The lowest BCUT2D eigenvalue weighted by Crippen LogP contribution is -2.48. The number of aromatic nitrogens is 4. The zero-order valence-electron chi connectivity index (χ0n) is 18.3. The fourth-order valence-electron chi connectivity index (χ4n) is 4.11. The topological polar surface area (TPSA) is 90.4 Å². The van der Waals surface area contributed by atoms with Crippen LogP contribution in [0.1, 0.15) is 46.6 Å². The van der Waals surface area contributed by atoms with Crippen molar-refractivity contribution in [3.8, 4) is 6.07 Å². The predicted octanol–water partition coefficient (Wildman–Crippen LogP) is 2.51. The van der Waals surface area contributed by atoms with Crippen LogP contribution in [0.2, 0.25) is 0 Å². The lowest BCUT2D eigenvalue weighted by atomic mass is 10.1. The van der Waals surface area contributed by atoms with Gasteiger partial charge in [0.15, 0.2) is 5.65 Å². The quantitative estimate of drug-likeness (QED) is 0.589. The second kappa shape index (κ2) is 9.12. The van der Waals surface area contributed by atoms with E-state index >= 15 is 0 Å². The van der Waals surface area contributed by atoms with Crippen molar-refractivity contribution in [3.63, 3.8) is 0 Å². The van der Waals surface area contributed by atoms with E-state index in [1.54, 1.807) is 15.9 Å². The zero-order chi connectivity index (χ0) is 22.0. The summed E-state index contributed by atoms with van der Waals surface area (Å²) in [6.07, 6.45) is 3.60. The molecule has 0 saturated carbocycles. The molecule has 0 aliphatic carbocycles. The molecule has 1 amide bonds. The molecule has 9 heteroatoms. The van der Waals surface area contributed by atoms with Gasteiger partial charge in [0.25, 0.3) is 0 Å². The fraction of sp³-hybridized carbons (Fsp3) is 0.500. The van der Waals surface area contributed by atoms with Crippen molar-refractivity contribution in [2.24, 2.45) is 0 Å². The summed E-state index contributed by atoms with van der Waals surface area (Å²) in [6, 6.07) is 2.13. The highest BCUT2D eigenvalue weighted by atomic mass is 32.1. The number of nitriles is 1. The Labute approximate surface area is 186 Å². The largest absolute Gasteiger partial charge is 0.340 e. The molecule has 0 radical (unpaired) electrons. The molecule has 1 saturated heterocycles. The average Bonchev–Trinajstić information content (AvgIpc) is 3.40. The SMILES string of the molecule is CCc1nc(CN2CCN(C(=O)CCc3c(C)nc4c(C#N)cnn4c3C)CC2)cs1. The maximum absolute atomic E-state index is 12.8. The molecule has 4 heterocycles. The Morgan fingerprint density at radius 3 is 2.68 bits per heavy atom. The minimum Gasteiger partial charge on any atom is -0.340 e. The highest BCUT2D eigenvalue weighted by Crippen LogP contribution is 2.19. The van der Waals surface area contributed by atoms with Crippen molar-refractivity contribution in [3.05, 3.63) is 44.8 Å². The van der Waals surface area contributed by atoms with Crippen LogP contribution < -0.4 is 0 Å². The summed E-state index contributed by atoms with van der Waals surface area (Å²) in [4.78, 5) is 26.4. The van der Waals surface area contributed by atoms with Crippen molar-refractivity contribution in [2.45, 2.75) is 46.6 Å². The molecule has 8 nitrogen and oxygen atoms in total. The molecule has 0 bridgehead atoms. The van der Waals surface area contributed by atoms with E-state index in [-0.39, 0.29) is 5.91 Å². The second-order valence-corrected chi connectivity index (χ2v) is 8.85. The minimum atomic E-state index is 0.179. The monoisotopic (exact) mass is 437 g/mol. The summed E-state index contributed by atoms with van der Waals surface area (Å²) in [5, 5.41) is 16.8. The third-order valence-electron chi connectivity index (χ3n) is 5.93. The standard InChI is InChI=1S/C22H27N7OS/c1-4-20-26-18(14-31-20)13-27-7-9-28(10-8-27)21(30)6-5-19-15(2)25-22-17(11-23)12-24-29(22)16(19)3/h12,14H,4-10,13H2,1-3H3. The van der Waals surface area contributed by atoms with Gasteiger partial charge in [-0.25, -0.2) is 14.5 Å². The van der Waals surface area contributed by atoms with Crippen LogP contribution in [0.3, 0.4) is 0 Å². The molecule has 0 atom stereocenters. The van der Waals surface area contributed by atoms with Gasteiger partial charge in [-0.15, -0.1) is 11.3 Å². The van der Waals surface area contributed by atoms with E-state index in [1.807, 2.05) is 18.7 Å². The van der Waals surface area contributed by atoms with E-state index in [0.717, 1.165) is 61.8 Å². The van der Waals surface area contributed by atoms with Crippen LogP contribution in [-0.2, 0) is 24.2 Å². The first kappa shape index (κ1) is 21.4. The number of hydrogen-bond donors (Lipinski definition) is 0. The Hall–Kier alpha value is -2.83. The van der Waals surface area contributed by atoms with Gasteiger partial charge in [0, 0.05) is 55.9 Å². The highest BCUT2D eigenvalue weighted by Gasteiger charge is 2.22. The summed E-state index contributed by atoms with van der Waals surface area (Å²) in [6.45, 7) is 10.1. The molecule has 1 fully saturated rings. The van der Waals surface area contributed by atoms with Gasteiger partial charge in [-0.1, -0.05) is 6.92 Å². The molecule has 0 spiro atoms. The molecule has 0 N–H and O–H groups in total. The van der Waals surface area contributed by atoms with Gasteiger partial charge in [-0.05, 0) is 32.3 Å². The van der Waals surface area contributed by atoms with Crippen LogP contribution in [0, 0.1) is 25.2 Å². The summed E-state index contributed by atoms with van der Waals surface area (Å²) in [5.74, 6) is 0.179. The van der Waals surface area contributed by atoms with Gasteiger partial charge < -0.3 is 4.90 Å². The van der Waals surface area contributed by atoms with Gasteiger partial charge in [-0.3, -0.25) is 9.69 Å². The number of rotatable bonds is 6. The van der Waals surface area contributed by atoms with E-state index < -0.39 is 0 Å². The average molecular weight is 438 g/mol. The number of piperazine rings is 1. The number of nitrogens with zero attached hydrogens (tertiary/aromatic N) is 7. The number of amides is 1. The van der Waals surface area contributed by atoms with E-state index in [2.05, 4.69) is 38.3 Å². The summed E-state index contributed by atoms with van der Waals surface area (Å²) >= 11 is 1.72. The number of hydrogen-bond acceptors (Lipinski definition) is 7. The number of aryl methyl sites for hydroxylation is 3. The van der Waals surface area contributed by atoms with E-state index in [4.69, 9.17) is 0 Å². The van der Waals surface area contributed by atoms with E-state index in [1.165, 1.54) is 11.2 Å². The number of fused-ring (bicyclic) bond motifs is 1. The van der Waals surface area contributed by atoms with Crippen molar-refractivity contribution in [1.82, 2.24) is 29.4 Å². The third kappa shape index (κ3) is 4.45. The van der Waals surface area contributed by atoms with Gasteiger partial charge >= 0.3 is 0 Å². The molecule has 1 aliphatic heterocycles. The molecule has 3 aromatic heterocycles. The maximum atomic E-state index is 12.8. The fourth-order valence-corrected chi connectivity index (χ4v) is 4.85. The summed E-state index contributed by atoms with van der Waals surface area (Å²) in [5.41, 5.74) is 5.01. The van der Waals surface area contributed by atoms with Gasteiger partial charge in [0.2, 0.25) is 5.91 Å². The summed E-state index contributed by atoms with van der Waals surface area (Å²) in [7, 11) is 0. The van der Waals surface area contributed by atoms with Crippen molar-refractivity contribution in [2.75, 3.05) is 26.2 Å². The van der Waals surface area contributed by atoms with Crippen molar-refractivity contribution in [1.29, 1.82) is 5.26 Å². The molecule has 0 aromatic carbocycles. The molecular formula is C22H27N7OS. The Morgan fingerprint density at radius 1 is 1.23 bits per heavy atom. The minimum absolute atomic E-state index is 0.179. The molecule has 3 aromatic rings. The molecule has 4 rings (SSSR count). The van der Waals surface area contributed by atoms with Crippen molar-refractivity contribution >= 4 is 22.9 Å². The molecule has 31 heavy (non-hydrogen) atoms. The number of carbonyl (C=O) groups is 1. The van der Waals surface area contributed by atoms with E-state index in [9.17, 15) is 10.1 Å². The van der Waals surface area contributed by atoms with Crippen LogP contribution in [0.4, 0.5) is 0 Å². The molecule has 0 unspecified atom stereocenters. The lowest BCUT2D eigenvalue weighted by Gasteiger charge is -2.34. The number of carbonyl (C=O) groups excluding carboxylic acids is 1. The molecular weight excluding hydrogens is 410 g/mol. The second-order valence-electron chi connectivity index (χ2n) is 7.91. The highest BCUT2D eigenvalue weighted by molar-refractivity contribution is 7.09. The Balaban J connectivity index is 1.33. The number of thiazole rings is 1. The first-order valence-corrected chi connectivity index (χ1v) is 11.6. The van der Waals surface area contributed by atoms with Crippen molar-refractivity contribution < 1.29 is 4.79 Å². The normalized spacial score (nSPS) is 14.8. The molecule has 1 aliphatic rings. The first-order valence-electron chi connectivity index (χ1n) is 10.7. The summed E-state index contributed by atoms with van der Waals surface area (Å²) < 4.78 is 1.70. The Bertz CT molecular complexity index is 1130. The van der Waals surface area contributed by atoms with Gasteiger partial charge in [0.1, 0.15) is 11.6 Å². The maximum Gasteiger partial charge on any atom is 0.222 e. The Morgan fingerprint density at radius 2 is 2.00 bits per heavy atom. The van der Waals surface area contributed by atoms with Gasteiger partial charge in [0.05, 0.1) is 16.9 Å². The van der Waals surface area contributed by atoms with E-state index in [0.29, 0.717) is 24.1 Å². The van der Waals surface area contributed by atoms with Crippen LogP contribution in [0.15, 0.2) is 11.6 Å². The van der Waals surface area contributed by atoms with Crippen LogP contribution >= 0.6 is 11.3 Å². The van der Waals surface area contributed by atoms with Crippen LogP contribution in [0.5, 0.6) is 0 Å². The molecule has 162 valence electrons. The predicted molar refractivity (Wildman–Crippen MR) is 119 cm³/mol. The smallest absolute Gasteiger partial charge is 0.222 e. The van der Waals surface area contributed by atoms with Gasteiger partial charge in [-0.2, -0.15) is 10.4 Å². The zero-order valence-corrected chi connectivity index (χ0v) is 19.1. The third-order valence-corrected chi connectivity index (χ3v) is 6.97. The lowest BCUT2D eigenvalue weighted by molar-refractivity contribution is -0.133. The Kier molecular flexibility index (Phi) is 6.30. The first-order chi connectivity index (χ1) is 15.0.